The lowest BCUT2D eigenvalue weighted by molar-refractivity contribution is -0.142. The second kappa shape index (κ2) is 13.3. The van der Waals surface area contributed by atoms with Gasteiger partial charge in [-0.2, -0.15) is 0 Å². The third kappa shape index (κ3) is 7.33. The third-order valence-corrected chi connectivity index (χ3v) is 8.60. The summed E-state index contributed by atoms with van der Waals surface area (Å²) in [6, 6.07) is 17.2. The number of hydrogen-bond acceptors (Lipinski definition) is 5. The first-order valence-electron chi connectivity index (χ1n) is 14.9. The fraction of sp³-hybridized carbons (Fsp3) is 0.500. The number of imide groups is 1. The number of nitrogens with one attached hydrogen (secondary N) is 2. The molecule has 2 atom stereocenters. The van der Waals surface area contributed by atoms with Gasteiger partial charge in [-0.25, -0.2) is 4.79 Å². The summed E-state index contributed by atoms with van der Waals surface area (Å²) in [5, 5.41) is 5.98. The number of carbonyl (C=O) groups is 4. The summed E-state index contributed by atoms with van der Waals surface area (Å²) >= 11 is 0. The zero-order valence-corrected chi connectivity index (χ0v) is 23.9. The number of nitrogens with zero attached hydrogens (tertiary/aromatic N) is 3. The van der Waals surface area contributed by atoms with E-state index in [0.717, 1.165) is 50.9 Å². The molecule has 2 heterocycles. The van der Waals surface area contributed by atoms with Crippen LogP contribution < -0.4 is 10.6 Å². The Morgan fingerprint density at radius 2 is 1.59 bits per heavy atom. The first-order valence-corrected chi connectivity index (χ1v) is 14.9. The average Bonchev–Trinajstić information content (AvgIpc) is 2.98. The van der Waals surface area contributed by atoms with E-state index in [0.29, 0.717) is 18.5 Å². The highest BCUT2D eigenvalue weighted by atomic mass is 16.2. The van der Waals surface area contributed by atoms with Crippen molar-refractivity contribution in [2.45, 2.75) is 70.5 Å². The largest absolute Gasteiger partial charge is 0.353 e. The van der Waals surface area contributed by atoms with E-state index < -0.39 is 6.03 Å². The molecule has 218 valence electrons. The Hall–Kier alpha value is -3.72. The number of fused-ring (bicyclic) bond motifs is 1. The van der Waals surface area contributed by atoms with Crippen molar-refractivity contribution in [2.24, 2.45) is 5.92 Å². The van der Waals surface area contributed by atoms with Crippen molar-refractivity contribution in [3.8, 4) is 0 Å². The maximum atomic E-state index is 13.5. The summed E-state index contributed by atoms with van der Waals surface area (Å²) in [6.45, 7) is 4.60. The molecule has 0 spiro atoms. The van der Waals surface area contributed by atoms with Crippen molar-refractivity contribution in [3.05, 3.63) is 65.7 Å². The van der Waals surface area contributed by atoms with E-state index >= 15 is 0 Å². The zero-order chi connectivity index (χ0) is 28.8. The molecule has 2 aromatic rings. The van der Waals surface area contributed by atoms with Gasteiger partial charge in [0, 0.05) is 50.4 Å². The van der Waals surface area contributed by atoms with Gasteiger partial charge in [0.25, 0.3) is 0 Å². The zero-order valence-electron chi connectivity index (χ0n) is 23.9. The summed E-state index contributed by atoms with van der Waals surface area (Å²) in [4.78, 5) is 57.8. The second-order valence-corrected chi connectivity index (χ2v) is 11.6. The van der Waals surface area contributed by atoms with Gasteiger partial charge in [-0.1, -0.05) is 60.9 Å². The number of piperidine rings is 1. The number of amides is 5. The first kappa shape index (κ1) is 28.8. The minimum absolute atomic E-state index is 0.0235. The van der Waals surface area contributed by atoms with Crippen LogP contribution in [0.4, 0.5) is 10.5 Å². The van der Waals surface area contributed by atoms with E-state index in [9.17, 15) is 19.2 Å². The van der Waals surface area contributed by atoms with Crippen LogP contribution in [0.2, 0.25) is 0 Å². The smallest absolute Gasteiger partial charge is 0.327 e. The molecule has 9 nitrogen and oxygen atoms in total. The molecule has 5 rings (SSSR count). The van der Waals surface area contributed by atoms with Gasteiger partial charge in [0.2, 0.25) is 17.7 Å². The van der Waals surface area contributed by atoms with Crippen LogP contribution in [0, 0.1) is 12.8 Å². The second-order valence-electron chi connectivity index (χ2n) is 11.6. The highest BCUT2D eigenvalue weighted by molar-refractivity contribution is 6.01. The van der Waals surface area contributed by atoms with Crippen LogP contribution in [0.3, 0.4) is 0 Å². The van der Waals surface area contributed by atoms with E-state index in [1.807, 2.05) is 49.4 Å². The SMILES string of the molecule is Cc1ccc(NC(=O)CN2C(=O)N(CCC(=O)NC3CCN(Cc4ccccc4)CC3)C(=O)C3CCCCC32)cc1. The van der Waals surface area contributed by atoms with Gasteiger partial charge in [-0.3, -0.25) is 24.2 Å². The molecule has 1 saturated carbocycles. The normalized spacial score (nSPS) is 21.9. The summed E-state index contributed by atoms with van der Waals surface area (Å²) in [7, 11) is 0. The number of urea groups is 1. The summed E-state index contributed by atoms with van der Waals surface area (Å²) in [5.74, 6) is -0.985. The predicted octanol–water partition coefficient (Wildman–Crippen LogP) is 3.93. The van der Waals surface area contributed by atoms with Crippen LogP contribution in [0.1, 0.15) is 56.1 Å². The summed E-state index contributed by atoms with van der Waals surface area (Å²) in [6.07, 6.45) is 5.03. The van der Waals surface area contributed by atoms with Crippen LogP contribution in [-0.4, -0.2) is 76.7 Å². The lowest BCUT2D eigenvalue weighted by Gasteiger charge is -2.46. The summed E-state index contributed by atoms with van der Waals surface area (Å²) < 4.78 is 0. The van der Waals surface area contributed by atoms with Crippen molar-refractivity contribution in [1.29, 1.82) is 0 Å². The number of hydrogen-bond donors (Lipinski definition) is 2. The lowest BCUT2D eigenvalue weighted by atomic mass is 9.81. The number of benzene rings is 2. The number of carbonyl (C=O) groups excluding carboxylic acids is 4. The Morgan fingerprint density at radius 3 is 2.32 bits per heavy atom. The number of aryl methyl sites for hydroxylation is 1. The maximum Gasteiger partial charge on any atom is 0.327 e. The number of rotatable bonds is 9. The molecule has 2 N–H and O–H groups in total. The van der Waals surface area contributed by atoms with Crippen LogP contribution >= 0.6 is 0 Å². The molecule has 1 aliphatic carbocycles. The molecule has 2 unspecified atom stereocenters. The monoisotopic (exact) mass is 559 g/mol. The number of anilines is 1. The highest BCUT2D eigenvalue weighted by Crippen LogP contribution is 2.34. The molecule has 0 bridgehead atoms. The predicted molar refractivity (Wildman–Crippen MR) is 157 cm³/mol. The molecule has 2 saturated heterocycles. The highest BCUT2D eigenvalue weighted by Gasteiger charge is 2.47. The van der Waals surface area contributed by atoms with Crippen molar-refractivity contribution >= 4 is 29.4 Å². The van der Waals surface area contributed by atoms with E-state index in [1.165, 1.54) is 10.5 Å². The minimum Gasteiger partial charge on any atom is -0.353 e. The molecule has 9 heteroatoms. The Bertz CT molecular complexity index is 1230. The molecule has 3 aliphatic rings. The van der Waals surface area contributed by atoms with Crippen molar-refractivity contribution in [3.63, 3.8) is 0 Å². The Morgan fingerprint density at radius 1 is 0.878 bits per heavy atom. The Labute approximate surface area is 242 Å². The maximum absolute atomic E-state index is 13.5. The molecule has 2 aliphatic heterocycles. The van der Waals surface area contributed by atoms with Crippen LogP contribution in [0.15, 0.2) is 54.6 Å². The molecular weight excluding hydrogens is 518 g/mol. The average molecular weight is 560 g/mol. The van der Waals surface area contributed by atoms with Gasteiger partial charge in [0.1, 0.15) is 6.54 Å². The van der Waals surface area contributed by atoms with Gasteiger partial charge >= 0.3 is 6.03 Å². The fourth-order valence-corrected chi connectivity index (χ4v) is 6.34. The van der Waals surface area contributed by atoms with E-state index in [2.05, 4.69) is 27.7 Å². The van der Waals surface area contributed by atoms with E-state index in [-0.39, 0.29) is 55.2 Å². The minimum atomic E-state index is -0.473. The standard InChI is InChI=1S/C32H41N5O4/c1-23-11-13-25(14-12-23)34-30(39)22-37-28-10-6-5-9-27(28)31(40)36(32(37)41)20-17-29(38)33-26-15-18-35(19-16-26)21-24-7-3-2-4-8-24/h2-4,7-8,11-14,26-28H,5-6,9-10,15-22H2,1H3,(H,33,38)(H,34,39). The van der Waals surface area contributed by atoms with Gasteiger partial charge in [-0.05, 0) is 50.3 Å². The topological polar surface area (TPSA) is 102 Å². The van der Waals surface area contributed by atoms with Crippen LogP contribution in [0.25, 0.3) is 0 Å². The molecule has 5 amide bonds. The molecule has 3 fully saturated rings. The molecule has 2 aromatic carbocycles. The first-order chi connectivity index (χ1) is 19.9. The van der Waals surface area contributed by atoms with E-state index in [1.54, 1.807) is 4.90 Å². The fourth-order valence-electron chi connectivity index (χ4n) is 6.34. The molecule has 41 heavy (non-hydrogen) atoms. The van der Waals surface area contributed by atoms with Gasteiger partial charge < -0.3 is 15.5 Å². The molecule has 0 aromatic heterocycles. The molecular formula is C32H41N5O4. The van der Waals surface area contributed by atoms with Gasteiger partial charge in [0.05, 0.1) is 5.92 Å². The quantitative estimate of drug-likeness (QED) is 0.485. The third-order valence-electron chi connectivity index (χ3n) is 8.60. The van der Waals surface area contributed by atoms with Crippen LogP contribution in [-0.2, 0) is 20.9 Å². The number of likely N-dealkylation sites (tertiary alicyclic amines) is 1. The molecule has 0 radical (unpaired) electrons. The van der Waals surface area contributed by atoms with Crippen molar-refractivity contribution < 1.29 is 19.2 Å². The summed E-state index contributed by atoms with van der Waals surface area (Å²) in [5.41, 5.74) is 3.04. The Kier molecular flexibility index (Phi) is 9.34. The van der Waals surface area contributed by atoms with E-state index in [4.69, 9.17) is 0 Å². The Balaban J connectivity index is 1.13. The van der Waals surface area contributed by atoms with Gasteiger partial charge in [-0.15, -0.1) is 0 Å². The van der Waals surface area contributed by atoms with Gasteiger partial charge in [0.15, 0.2) is 0 Å². The van der Waals surface area contributed by atoms with Crippen molar-refractivity contribution in [1.82, 2.24) is 20.0 Å². The lowest BCUT2D eigenvalue weighted by Crippen LogP contribution is -2.63. The van der Waals surface area contributed by atoms with Crippen LogP contribution in [0.5, 0.6) is 0 Å². The van der Waals surface area contributed by atoms with Crippen molar-refractivity contribution in [2.75, 3.05) is 31.5 Å².